The average Bonchev–Trinajstić information content (AvgIpc) is 3.17. The lowest BCUT2D eigenvalue weighted by Gasteiger charge is -2.50. The van der Waals surface area contributed by atoms with Crippen molar-refractivity contribution in [2.24, 2.45) is 17.8 Å². The molecule has 0 bridgehead atoms. The van der Waals surface area contributed by atoms with Crippen LogP contribution < -0.4 is 10.1 Å². The molecule has 0 spiro atoms. The molecule has 180 valence electrons. The summed E-state index contributed by atoms with van der Waals surface area (Å²) < 4.78 is 5.54. The molecule has 6 atom stereocenters. The topological polar surface area (TPSA) is 113 Å². The monoisotopic (exact) mass is 570 g/mol. The molecule has 4 aliphatic rings. The zero-order valence-electron chi connectivity index (χ0n) is 18.0. The second-order valence-corrected chi connectivity index (χ2v) is 10.7. The second kappa shape index (κ2) is 7.96. The van der Waals surface area contributed by atoms with Gasteiger partial charge in [0.1, 0.15) is 0 Å². The minimum Gasteiger partial charge on any atom is -0.504 e. The van der Waals surface area contributed by atoms with E-state index in [9.17, 15) is 24.3 Å². The molecule has 5 rings (SSSR count). The van der Waals surface area contributed by atoms with Crippen LogP contribution in [0.3, 0.4) is 0 Å². The van der Waals surface area contributed by atoms with Crippen LogP contribution in [0.5, 0.6) is 11.5 Å². The molecule has 0 aromatic heterocycles. The molecule has 2 N–H and O–H groups in total. The van der Waals surface area contributed by atoms with Crippen molar-refractivity contribution in [1.82, 2.24) is 10.2 Å². The minimum atomic E-state index is -1.96. The Kier molecular flexibility index (Phi) is 5.53. The summed E-state index contributed by atoms with van der Waals surface area (Å²) in [4.78, 5) is 49.3. The maximum atomic E-state index is 13.6. The van der Waals surface area contributed by atoms with Gasteiger partial charge in [0.25, 0.3) is 11.8 Å². The smallest absolute Gasteiger partial charge is 0.254 e. The predicted octanol–water partition coefficient (Wildman–Crippen LogP) is 2.79. The van der Waals surface area contributed by atoms with Crippen molar-refractivity contribution in [3.63, 3.8) is 0 Å². The van der Waals surface area contributed by atoms with Gasteiger partial charge in [0.2, 0.25) is 11.8 Å². The van der Waals surface area contributed by atoms with Gasteiger partial charge in [-0.05, 0) is 31.7 Å². The van der Waals surface area contributed by atoms with E-state index in [4.69, 9.17) is 27.9 Å². The van der Waals surface area contributed by atoms with E-state index in [1.807, 2.05) is 0 Å². The number of hydrogen-bond donors (Lipinski definition) is 2. The fourth-order valence-electron chi connectivity index (χ4n) is 6.05. The third kappa shape index (κ3) is 2.83. The summed E-state index contributed by atoms with van der Waals surface area (Å²) in [5.74, 6) is -5.19. The summed E-state index contributed by atoms with van der Waals surface area (Å²) in [5, 5.41) is 13.5. The van der Waals surface area contributed by atoms with Crippen LogP contribution in [0.2, 0.25) is 0 Å². The largest absolute Gasteiger partial charge is 0.504 e. The number of nitrogens with one attached hydrogen (secondary N) is 1. The number of amides is 4. The fourth-order valence-corrected chi connectivity index (χ4v) is 7.47. The third-order valence-corrected chi connectivity index (χ3v) is 9.41. The number of phenolic OH excluding ortho intramolecular Hbond substituents is 1. The number of hydrogen-bond acceptors (Lipinski definition) is 6. The average molecular weight is 572 g/mol. The zero-order chi connectivity index (χ0) is 24.6. The molecule has 2 aliphatic carbocycles. The first-order valence-corrected chi connectivity index (χ1v) is 12.8. The Morgan fingerprint density at radius 3 is 2.59 bits per heavy atom. The number of benzene rings is 1. The molecule has 1 aromatic carbocycles. The van der Waals surface area contributed by atoms with Crippen LogP contribution in [0.15, 0.2) is 29.8 Å². The van der Waals surface area contributed by atoms with Gasteiger partial charge in [-0.25, -0.2) is 0 Å². The number of carbonyl (C=O) groups is 4. The minimum absolute atomic E-state index is 0.0950. The maximum absolute atomic E-state index is 13.6. The normalized spacial score (nSPS) is 36.6. The third-order valence-electron chi connectivity index (χ3n) is 7.50. The van der Waals surface area contributed by atoms with Crippen molar-refractivity contribution < 1.29 is 29.0 Å². The number of rotatable bonds is 4. The summed E-state index contributed by atoms with van der Waals surface area (Å²) in [6, 6.07) is 4.84. The molecular formula is C23H21BrCl2N2O6. The molecule has 11 heteroatoms. The molecule has 2 saturated heterocycles. The van der Waals surface area contributed by atoms with Crippen LogP contribution in [0.4, 0.5) is 0 Å². The van der Waals surface area contributed by atoms with Crippen molar-refractivity contribution in [2.45, 2.75) is 35.4 Å². The van der Waals surface area contributed by atoms with Crippen molar-refractivity contribution >= 4 is 62.8 Å². The van der Waals surface area contributed by atoms with E-state index in [1.54, 1.807) is 31.2 Å². The second-order valence-electron chi connectivity index (χ2n) is 8.97. The van der Waals surface area contributed by atoms with Gasteiger partial charge in [0.15, 0.2) is 21.2 Å². The number of fused-ring (bicyclic) bond motifs is 4. The Morgan fingerprint density at radius 2 is 1.91 bits per heavy atom. The Labute approximate surface area is 213 Å². The van der Waals surface area contributed by atoms with E-state index in [0.29, 0.717) is 12.2 Å². The molecular weight excluding hydrogens is 551 g/mol. The van der Waals surface area contributed by atoms with E-state index < -0.39 is 51.1 Å². The van der Waals surface area contributed by atoms with Crippen molar-refractivity contribution in [1.29, 1.82) is 0 Å². The molecule has 1 saturated carbocycles. The standard InChI is InChI=1S/C23H21BrCl2N2O6/c1-2-34-14-5-3-4-12(17(14)29)16-10-6-7-11-15(19(31)27-18(11)30)13(10)8-22(25)20(32)28(9-24)21(33)23(16,22)26/h3-6,11,13,15-16,29H,2,7-9H2,1H3,(H,27,30,31). The van der Waals surface area contributed by atoms with Crippen LogP contribution in [-0.2, 0) is 19.2 Å². The number of phenols is 1. The first-order valence-electron chi connectivity index (χ1n) is 10.9. The molecule has 4 amide bonds. The van der Waals surface area contributed by atoms with Crippen LogP contribution in [0.1, 0.15) is 31.2 Å². The molecule has 6 unspecified atom stereocenters. The van der Waals surface area contributed by atoms with Crippen LogP contribution in [0.25, 0.3) is 0 Å². The van der Waals surface area contributed by atoms with Gasteiger partial charge in [0.05, 0.1) is 23.9 Å². The van der Waals surface area contributed by atoms with Crippen molar-refractivity contribution in [3.05, 3.63) is 35.4 Å². The first-order chi connectivity index (χ1) is 16.1. The van der Waals surface area contributed by atoms with Crippen LogP contribution in [0, 0.1) is 17.8 Å². The number of likely N-dealkylation sites (tertiary alicyclic amines) is 1. The molecule has 2 aliphatic heterocycles. The fraction of sp³-hybridized carbons (Fsp3) is 0.478. The van der Waals surface area contributed by atoms with E-state index in [-0.39, 0.29) is 41.3 Å². The predicted molar refractivity (Wildman–Crippen MR) is 126 cm³/mol. The lowest BCUT2D eigenvalue weighted by atomic mass is 9.56. The van der Waals surface area contributed by atoms with E-state index in [2.05, 4.69) is 21.2 Å². The van der Waals surface area contributed by atoms with Gasteiger partial charge < -0.3 is 9.84 Å². The Hall–Kier alpha value is -2.10. The number of carbonyl (C=O) groups excluding carboxylic acids is 4. The molecule has 0 radical (unpaired) electrons. The summed E-state index contributed by atoms with van der Waals surface area (Å²) in [7, 11) is 0. The highest BCUT2D eigenvalue weighted by Crippen LogP contribution is 2.66. The lowest BCUT2D eigenvalue weighted by Crippen LogP contribution is -2.60. The number of alkyl halides is 3. The Bertz CT molecular complexity index is 1170. The van der Waals surface area contributed by atoms with Gasteiger partial charge in [-0.1, -0.05) is 39.7 Å². The SMILES string of the molecule is CCOc1cccc(C2C3=CCC4C(=O)NC(=O)C4C3CC3(Cl)C(=O)N(CBr)C(=O)C23Cl)c1O. The van der Waals surface area contributed by atoms with Crippen molar-refractivity contribution in [2.75, 3.05) is 12.1 Å². The van der Waals surface area contributed by atoms with E-state index >= 15 is 0 Å². The van der Waals surface area contributed by atoms with Gasteiger partial charge >= 0.3 is 0 Å². The summed E-state index contributed by atoms with van der Waals surface area (Å²) in [6.45, 7) is 2.06. The number of imide groups is 2. The summed E-state index contributed by atoms with van der Waals surface area (Å²) in [5.41, 5.74) is 0.765. The molecule has 3 fully saturated rings. The lowest BCUT2D eigenvalue weighted by molar-refractivity contribution is -0.138. The highest BCUT2D eigenvalue weighted by Gasteiger charge is 2.76. The highest BCUT2D eigenvalue weighted by molar-refractivity contribution is 9.09. The molecule has 1 aromatic rings. The van der Waals surface area contributed by atoms with E-state index in [0.717, 1.165) is 4.90 Å². The van der Waals surface area contributed by atoms with Crippen LogP contribution in [-0.4, -0.2) is 55.4 Å². The summed E-state index contributed by atoms with van der Waals surface area (Å²) in [6.07, 6.45) is 1.97. The van der Waals surface area contributed by atoms with Crippen molar-refractivity contribution in [3.8, 4) is 11.5 Å². The molecule has 2 heterocycles. The molecule has 8 nitrogen and oxygen atoms in total. The Morgan fingerprint density at radius 1 is 1.18 bits per heavy atom. The number of halogens is 3. The Balaban J connectivity index is 1.77. The van der Waals surface area contributed by atoms with E-state index in [1.165, 1.54) is 0 Å². The molecule has 34 heavy (non-hydrogen) atoms. The summed E-state index contributed by atoms with van der Waals surface area (Å²) >= 11 is 17.3. The number of para-hydroxylation sites is 1. The van der Waals surface area contributed by atoms with Gasteiger partial charge in [-0.2, -0.15) is 0 Å². The number of nitrogens with zero attached hydrogens (tertiary/aromatic N) is 1. The number of aromatic hydroxyl groups is 1. The maximum Gasteiger partial charge on any atom is 0.254 e. The number of allylic oxidation sites excluding steroid dienone is 2. The van der Waals surface area contributed by atoms with Gasteiger partial charge in [-0.3, -0.25) is 29.4 Å². The van der Waals surface area contributed by atoms with Gasteiger partial charge in [-0.15, -0.1) is 23.2 Å². The first kappa shape index (κ1) is 23.6. The van der Waals surface area contributed by atoms with Crippen LogP contribution >= 0.6 is 39.1 Å². The number of ether oxygens (including phenoxy) is 1. The zero-order valence-corrected chi connectivity index (χ0v) is 21.1. The highest BCUT2D eigenvalue weighted by atomic mass is 79.9. The quantitative estimate of drug-likeness (QED) is 0.249. The van der Waals surface area contributed by atoms with Gasteiger partial charge in [0, 0.05) is 11.5 Å².